The van der Waals surface area contributed by atoms with E-state index in [1.54, 1.807) is 37.5 Å². The average molecular weight is 382 g/mol. The van der Waals surface area contributed by atoms with Crippen molar-refractivity contribution in [3.8, 4) is 5.75 Å². The van der Waals surface area contributed by atoms with Crippen LogP contribution in [0, 0.1) is 0 Å². The van der Waals surface area contributed by atoms with Gasteiger partial charge in [-0.25, -0.2) is 0 Å². The van der Waals surface area contributed by atoms with Gasteiger partial charge in [-0.15, -0.1) is 0 Å². The molecule has 0 saturated heterocycles. The van der Waals surface area contributed by atoms with Crippen LogP contribution in [0.15, 0.2) is 60.3 Å². The van der Waals surface area contributed by atoms with Gasteiger partial charge in [0.05, 0.1) is 27.7 Å². The highest BCUT2D eigenvalue weighted by Gasteiger charge is 2.14. The Morgan fingerprint density at radius 3 is 2.32 bits per heavy atom. The Kier molecular flexibility index (Phi) is 8.24. The van der Waals surface area contributed by atoms with E-state index < -0.39 is 0 Å². The molecular weight excluding hydrogens is 354 g/mol. The summed E-state index contributed by atoms with van der Waals surface area (Å²) in [5.41, 5.74) is 1.49. The largest absolute Gasteiger partial charge is 0.497 e. The Hall–Kier alpha value is -3.12. The van der Waals surface area contributed by atoms with Crippen LogP contribution in [-0.2, 0) is 4.79 Å². The maximum Gasteiger partial charge on any atom is 0.267 e. The number of amides is 2. The van der Waals surface area contributed by atoms with Gasteiger partial charge in [0.1, 0.15) is 11.4 Å². The topological polar surface area (TPSA) is 71.9 Å². The lowest BCUT2D eigenvalue weighted by molar-refractivity contribution is -0.858. The minimum atomic E-state index is -0.349. The summed E-state index contributed by atoms with van der Waals surface area (Å²) in [6.07, 6.45) is 2.53. The number of carbonyl (C=O) groups is 2. The molecule has 2 rings (SSSR count). The Balaban J connectivity index is 2.12. The van der Waals surface area contributed by atoms with Crippen LogP contribution >= 0.6 is 0 Å². The van der Waals surface area contributed by atoms with Crippen molar-refractivity contribution < 1.29 is 19.2 Å². The Morgan fingerprint density at radius 1 is 1.04 bits per heavy atom. The van der Waals surface area contributed by atoms with E-state index in [0.717, 1.165) is 18.5 Å². The van der Waals surface area contributed by atoms with Crippen LogP contribution < -0.4 is 20.3 Å². The lowest BCUT2D eigenvalue weighted by Crippen LogP contribution is -3.05. The third-order valence-electron chi connectivity index (χ3n) is 4.09. The molecule has 2 amide bonds. The summed E-state index contributed by atoms with van der Waals surface area (Å²) in [5.74, 6) is 0.00885. The third kappa shape index (κ3) is 6.89. The van der Waals surface area contributed by atoms with Gasteiger partial charge in [-0.3, -0.25) is 9.59 Å². The number of nitrogens with one attached hydrogen (secondary N) is 3. The van der Waals surface area contributed by atoms with Gasteiger partial charge in [0.2, 0.25) is 0 Å². The number of methoxy groups -OCH3 is 1. The summed E-state index contributed by atoms with van der Waals surface area (Å²) < 4.78 is 5.11. The van der Waals surface area contributed by atoms with Gasteiger partial charge >= 0.3 is 0 Å². The van der Waals surface area contributed by atoms with Crippen molar-refractivity contribution in [1.29, 1.82) is 0 Å². The highest BCUT2D eigenvalue weighted by Crippen LogP contribution is 2.12. The molecule has 2 aromatic carbocycles. The van der Waals surface area contributed by atoms with E-state index in [1.165, 1.54) is 4.90 Å². The van der Waals surface area contributed by atoms with E-state index in [4.69, 9.17) is 4.74 Å². The Bertz CT molecular complexity index is 800. The van der Waals surface area contributed by atoms with Crippen LogP contribution in [0.3, 0.4) is 0 Å². The van der Waals surface area contributed by atoms with Crippen LogP contribution in [0.25, 0.3) is 6.08 Å². The monoisotopic (exact) mass is 382 g/mol. The van der Waals surface area contributed by atoms with Crippen LogP contribution in [0.1, 0.15) is 22.3 Å². The predicted molar refractivity (Wildman–Crippen MR) is 110 cm³/mol. The Labute approximate surface area is 166 Å². The summed E-state index contributed by atoms with van der Waals surface area (Å²) in [7, 11) is 5.70. The highest BCUT2D eigenvalue weighted by molar-refractivity contribution is 6.05. The van der Waals surface area contributed by atoms with E-state index in [0.29, 0.717) is 17.9 Å². The van der Waals surface area contributed by atoms with E-state index in [-0.39, 0.29) is 17.5 Å². The summed E-state index contributed by atoms with van der Waals surface area (Å²) in [5, 5.41) is 5.61. The zero-order valence-electron chi connectivity index (χ0n) is 16.6. The smallest absolute Gasteiger partial charge is 0.267 e. The molecule has 0 aliphatic heterocycles. The molecule has 0 atom stereocenters. The molecule has 0 aliphatic carbocycles. The van der Waals surface area contributed by atoms with E-state index >= 15 is 0 Å². The first kappa shape index (κ1) is 21.2. The number of hydrogen-bond donors (Lipinski definition) is 3. The number of carbonyl (C=O) groups excluding carboxylic acids is 2. The molecule has 0 bridgehead atoms. The van der Waals surface area contributed by atoms with Crippen LogP contribution in [0.5, 0.6) is 5.75 Å². The maximum atomic E-state index is 12.6. The SMILES string of the molecule is COc1ccc(C(=O)N/C(=C\c2ccccc2)C(=O)NCCC[NH+](C)C)cc1. The second-order valence-corrected chi connectivity index (χ2v) is 6.72. The van der Waals surface area contributed by atoms with Gasteiger partial charge in [0, 0.05) is 18.5 Å². The standard InChI is InChI=1S/C22H27N3O3/c1-25(2)15-7-14-23-22(27)20(16-17-8-5-4-6-9-17)24-21(26)18-10-12-19(28-3)13-11-18/h4-6,8-13,16H,7,14-15H2,1-3H3,(H,23,27)(H,24,26)/p+1/b20-16-. The lowest BCUT2D eigenvalue weighted by atomic mass is 10.1. The maximum absolute atomic E-state index is 12.6. The minimum Gasteiger partial charge on any atom is -0.497 e. The molecule has 148 valence electrons. The van der Waals surface area contributed by atoms with Gasteiger partial charge in [-0.1, -0.05) is 30.3 Å². The predicted octanol–water partition coefficient (Wildman–Crippen LogP) is 1.12. The molecule has 0 radical (unpaired) electrons. The fourth-order valence-electron chi connectivity index (χ4n) is 2.55. The molecule has 6 heteroatoms. The Morgan fingerprint density at radius 2 is 1.71 bits per heavy atom. The van der Waals surface area contributed by atoms with E-state index in [1.807, 2.05) is 30.3 Å². The molecule has 28 heavy (non-hydrogen) atoms. The molecule has 0 spiro atoms. The molecule has 0 unspecified atom stereocenters. The first-order valence-electron chi connectivity index (χ1n) is 9.29. The molecular formula is C22H28N3O3+. The van der Waals surface area contributed by atoms with Crippen LogP contribution in [-0.4, -0.2) is 46.1 Å². The van der Waals surface area contributed by atoms with E-state index in [9.17, 15) is 9.59 Å². The number of rotatable bonds is 9. The molecule has 0 heterocycles. The third-order valence-corrected chi connectivity index (χ3v) is 4.09. The van der Waals surface area contributed by atoms with Crippen molar-refractivity contribution >= 4 is 17.9 Å². The fourth-order valence-corrected chi connectivity index (χ4v) is 2.55. The zero-order valence-corrected chi connectivity index (χ0v) is 16.6. The normalized spacial score (nSPS) is 11.2. The summed E-state index contributed by atoms with van der Waals surface area (Å²) >= 11 is 0. The van der Waals surface area contributed by atoms with E-state index in [2.05, 4.69) is 24.7 Å². The second-order valence-electron chi connectivity index (χ2n) is 6.72. The van der Waals surface area contributed by atoms with Crippen molar-refractivity contribution in [1.82, 2.24) is 10.6 Å². The molecule has 2 aromatic rings. The van der Waals surface area contributed by atoms with Gasteiger partial charge in [-0.2, -0.15) is 0 Å². The van der Waals surface area contributed by atoms with Crippen LogP contribution in [0.2, 0.25) is 0 Å². The van der Waals surface area contributed by atoms with Gasteiger partial charge in [0.15, 0.2) is 0 Å². The minimum absolute atomic E-state index is 0.212. The van der Waals surface area contributed by atoms with Crippen LogP contribution in [0.4, 0.5) is 0 Å². The number of benzene rings is 2. The second kappa shape index (κ2) is 10.9. The van der Waals surface area contributed by atoms with Gasteiger partial charge in [0.25, 0.3) is 11.8 Å². The molecule has 0 saturated carbocycles. The first-order valence-corrected chi connectivity index (χ1v) is 9.29. The lowest BCUT2D eigenvalue weighted by Gasteiger charge is -2.12. The van der Waals surface area contributed by atoms with Crippen molar-refractivity contribution in [2.24, 2.45) is 0 Å². The average Bonchev–Trinajstić information content (AvgIpc) is 2.71. The molecule has 6 nitrogen and oxygen atoms in total. The summed E-state index contributed by atoms with van der Waals surface area (Å²) in [4.78, 5) is 26.6. The first-order chi connectivity index (χ1) is 13.5. The van der Waals surface area contributed by atoms with Gasteiger partial charge in [-0.05, 0) is 35.9 Å². The fraction of sp³-hybridized carbons (Fsp3) is 0.273. The zero-order chi connectivity index (χ0) is 20.4. The quantitative estimate of drug-likeness (QED) is 0.450. The molecule has 0 aliphatic rings. The number of hydrogen-bond acceptors (Lipinski definition) is 3. The number of quaternary nitrogens is 1. The highest BCUT2D eigenvalue weighted by atomic mass is 16.5. The molecule has 3 N–H and O–H groups in total. The van der Waals surface area contributed by atoms with Gasteiger partial charge < -0.3 is 20.3 Å². The van der Waals surface area contributed by atoms with Crippen molar-refractivity contribution in [3.63, 3.8) is 0 Å². The summed E-state index contributed by atoms with van der Waals surface area (Å²) in [6, 6.07) is 16.1. The summed E-state index contributed by atoms with van der Waals surface area (Å²) in [6.45, 7) is 1.50. The number of ether oxygens (including phenoxy) is 1. The molecule has 0 fully saturated rings. The van der Waals surface area contributed by atoms with Crippen molar-refractivity contribution in [3.05, 3.63) is 71.4 Å². The van der Waals surface area contributed by atoms with Crippen molar-refractivity contribution in [2.45, 2.75) is 6.42 Å². The molecule has 0 aromatic heterocycles. The van der Waals surface area contributed by atoms with Crippen molar-refractivity contribution in [2.75, 3.05) is 34.3 Å².